The molecule has 128 valence electrons. The highest BCUT2D eigenvalue weighted by Gasteiger charge is 2.13. The first kappa shape index (κ1) is 17.3. The van der Waals surface area contributed by atoms with E-state index >= 15 is 0 Å². The molecule has 0 aliphatic rings. The normalized spacial score (nSPS) is 12.1. The summed E-state index contributed by atoms with van der Waals surface area (Å²) in [5.74, 6) is 0.837. The summed E-state index contributed by atoms with van der Waals surface area (Å²) in [5, 5.41) is 12.7. The van der Waals surface area contributed by atoms with Gasteiger partial charge in [-0.25, -0.2) is 0 Å². The minimum Gasteiger partial charge on any atom is -0.292 e. The van der Waals surface area contributed by atoms with Crippen LogP contribution in [0.4, 0.5) is 0 Å². The van der Waals surface area contributed by atoms with Crippen LogP contribution in [0, 0.1) is 0 Å². The molecule has 0 saturated carbocycles. The zero-order chi connectivity index (χ0) is 17.8. The summed E-state index contributed by atoms with van der Waals surface area (Å²) in [6, 6.07) is 15.0. The molecule has 3 rings (SSSR count). The van der Waals surface area contributed by atoms with Gasteiger partial charge >= 0.3 is 0 Å². The number of nitrogens with zero attached hydrogens (tertiary/aromatic N) is 4. The summed E-state index contributed by atoms with van der Waals surface area (Å²) in [7, 11) is 0. The summed E-state index contributed by atoms with van der Waals surface area (Å²) in [6.07, 6.45) is 1.07. The third-order valence-electron chi connectivity index (χ3n) is 4.27. The first-order chi connectivity index (χ1) is 12.1. The zero-order valence-electron chi connectivity index (χ0n) is 14.2. The molecule has 0 aliphatic carbocycles. The molecule has 0 unspecified atom stereocenters. The third-order valence-corrected chi connectivity index (χ3v) is 4.60. The predicted molar refractivity (Wildman–Crippen MR) is 97.7 cm³/mol. The zero-order valence-corrected chi connectivity index (χ0v) is 14.9. The number of carbonyl (C=O) groups excluding carboxylic acids is 1. The van der Waals surface area contributed by atoms with Crippen LogP contribution < -0.4 is 0 Å². The lowest BCUT2D eigenvalue weighted by Crippen LogP contribution is -2.13. The van der Waals surface area contributed by atoms with E-state index in [0.29, 0.717) is 27.9 Å². The van der Waals surface area contributed by atoms with E-state index in [0.717, 1.165) is 6.42 Å². The fourth-order valence-corrected chi connectivity index (χ4v) is 2.73. The van der Waals surface area contributed by atoms with Crippen LogP contribution in [0.5, 0.6) is 0 Å². The van der Waals surface area contributed by atoms with E-state index in [9.17, 15) is 4.79 Å². The van der Waals surface area contributed by atoms with Crippen LogP contribution in [0.1, 0.15) is 42.1 Å². The Balaban J connectivity index is 1.73. The average Bonchev–Trinajstić information content (AvgIpc) is 3.09. The Hall–Kier alpha value is -2.53. The number of ketones is 1. The monoisotopic (exact) mass is 354 g/mol. The molecule has 25 heavy (non-hydrogen) atoms. The molecular weight excluding hydrogens is 336 g/mol. The Morgan fingerprint density at radius 3 is 2.56 bits per heavy atom. The fourth-order valence-electron chi connectivity index (χ4n) is 2.51. The standard InChI is InChI=1S/C19H19ClN4O/c1-3-13(2)14-8-10-15(11-9-14)18(25)12-24-22-19(21-23-24)16-6-4-5-7-17(16)20/h4-11,13H,3,12H2,1-2H3/t13-/m0/s1. The van der Waals surface area contributed by atoms with E-state index in [2.05, 4.69) is 29.3 Å². The van der Waals surface area contributed by atoms with Gasteiger partial charge in [0.1, 0.15) is 6.54 Å². The van der Waals surface area contributed by atoms with Crippen molar-refractivity contribution in [2.75, 3.05) is 0 Å². The van der Waals surface area contributed by atoms with Crippen LogP contribution >= 0.6 is 11.6 Å². The van der Waals surface area contributed by atoms with Crippen LogP contribution in [-0.2, 0) is 6.54 Å². The van der Waals surface area contributed by atoms with Gasteiger partial charge in [-0.05, 0) is 35.2 Å². The van der Waals surface area contributed by atoms with E-state index < -0.39 is 0 Å². The smallest absolute Gasteiger partial charge is 0.206 e. The average molecular weight is 355 g/mol. The topological polar surface area (TPSA) is 60.7 Å². The van der Waals surface area contributed by atoms with E-state index in [1.54, 1.807) is 6.07 Å². The first-order valence-electron chi connectivity index (χ1n) is 8.24. The molecule has 6 heteroatoms. The summed E-state index contributed by atoms with van der Waals surface area (Å²) < 4.78 is 0. The molecule has 0 radical (unpaired) electrons. The second kappa shape index (κ2) is 7.57. The minimum absolute atomic E-state index is 0.0418. The maximum Gasteiger partial charge on any atom is 0.206 e. The number of halogens is 1. The van der Waals surface area contributed by atoms with Gasteiger partial charge in [-0.3, -0.25) is 4.79 Å². The molecular formula is C19H19ClN4O. The lowest BCUT2D eigenvalue weighted by Gasteiger charge is -2.09. The molecule has 0 spiro atoms. The third kappa shape index (κ3) is 3.94. The van der Waals surface area contributed by atoms with Crippen molar-refractivity contribution >= 4 is 17.4 Å². The molecule has 0 N–H and O–H groups in total. The molecule has 5 nitrogen and oxygen atoms in total. The minimum atomic E-state index is -0.0567. The maximum absolute atomic E-state index is 12.4. The fraction of sp³-hybridized carbons (Fsp3) is 0.263. The van der Waals surface area contributed by atoms with Crippen LogP contribution in [0.25, 0.3) is 11.4 Å². The van der Waals surface area contributed by atoms with Crippen molar-refractivity contribution in [3.8, 4) is 11.4 Å². The lowest BCUT2D eigenvalue weighted by atomic mass is 9.97. The number of hydrogen-bond acceptors (Lipinski definition) is 4. The van der Waals surface area contributed by atoms with Crippen molar-refractivity contribution in [3.63, 3.8) is 0 Å². The molecule has 1 aromatic heterocycles. The quantitative estimate of drug-likeness (QED) is 0.616. The summed E-state index contributed by atoms with van der Waals surface area (Å²) >= 11 is 6.14. The van der Waals surface area contributed by atoms with Crippen LogP contribution in [0.15, 0.2) is 48.5 Å². The molecule has 0 aliphatic heterocycles. The van der Waals surface area contributed by atoms with E-state index in [1.165, 1.54) is 10.4 Å². The van der Waals surface area contributed by atoms with Gasteiger partial charge in [0.25, 0.3) is 0 Å². The van der Waals surface area contributed by atoms with Crippen molar-refractivity contribution in [2.24, 2.45) is 0 Å². The van der Waals surface area contributed by atoms with Gasteiger partial charge in [0.15, 0.2) is 5.78 Å². The Morgan fingerprint density at radius 2 is 1.88 bits per heavy atom. The van der Waals surface area contributed by atoms with Crippen molar-refractivity contribution in [2.45, 2.75) is 32.7 Å². The molecule has 0 saturated heterocycles. The van der Waals surface area contributed by atoms with Gasteiger partial charge in [-0.2, -0.15) is 4.80 Å². The maximum atomic E-state index is 12.4. The van der Waals surface area contributed by atoms with E-state index in [1.807, 2.05) is 42.5 Å². The second-order valence-corrected chi connectivity index (χ2v) is 6.38. The highest BCUT2D eigenvalue weighted by Crippen LogP contribution is 2.23. The van der Waals surface area contributed by atoms with E-state index in [-0.39, 0.29) is 12.3 Å². The van der Waals surface area contributed by atoms with Crippen molar-refractivity contribution in [1.29, 1.82) is 0 Å². The largest absolute Gasteiger partial charge is 0.292 e. The molecule has 0 amide bonds. The first-order valence-corrected chi connectivity index (χ1v) is 8.62. The van der Waals surface area contributed by atoms with Crippen molar-refractivity contribution in [1.82, 2.24) is 20.2 Å². The number of rotatable bonds is 6. The van der Waals surface area contributed by atoms with Gasteiger partial charge in [0.05, 0.1) is 5.02 Å². The number of Topliss-reactive ketones (excluding diaryl/α,β-unsaturated/α-hetero) is 1. The van der Waals surface area contributed by atoms with Gasteiger partial charge < -0.3 is 0 Å². The molecule has 1 heterocycles. The number of aromatic nitrogens is 4. The van der Waals surface area contributed by atoms with Crippen molar-refractivity contribution < 1.29 is 4.79 Å². The number of tetrazole rings is 1. The SMILES string of the molecule is CC[C@H](C)c1ccc(C(=O)Cn2nnc(-c3ccccc3Cl)n2)cc1. The van der Waals surface area contributed by atoms with Crippen LogP contribution in [0.3, 0.4) is 0 Å². The van der Waals surface area contributed by atoms with Gasteiger partial charge in [-0.15, -0.1) is 10.2 Å². The van der Waals surface area contributed by atoms with Crippen LogP contribution in [0.2, 0.25) is 5.02 Å². The second-order valence-electron chi connectivity index (χ2n) is 5.98. The molecule has 0 bridgehead atoms. The van der Waals surface area contributed by atoms with E-state index in [4.69, 9.17) is 11.6 Å². The number of carbonyl (C=O) groups is 1. The van der Waals surface area contributed by atoms with Gasteiger partial charge in [-0.1, -0.05) is 61.8 Å². The summed E-state index contributed by atoms with van der Waals surface area (Å²) in [4.78, 5) is 13.7. The predicted octanol–water partition coefficient (Wildman–Crippen LogP) is 4.39. The lowest BCUT2D eigenvalue weighted by molar-refractivity contribution is 0.0961. The van der Waals surface area contributed by atoms with Crippen LogP contribution in [-0.4, -0.2) is 26.0 Å². The highest BCUT2D eigenvalue weighted by molar-refractivity contribution is 6.33. The highest BCUT2D eigenvalue weighted by atomic mass is 35.5. The van der Waals surface area contributed by atoms with Gasteiger partial charge in [0.2, 0.25) is 5.82 Å². The van der Waals surface area contributed by atoms with Gasteiger partial charge in [0, 0.05) is 11.1 Å². The molecule has 3 aromatic rings. The molecule has 1 atom stereocenters. The Kier molecular flexibility index (Phi) is 5.24. The Bertz CT molecular complexity index is 873. The van der Waals surface area contributed by atoms with Crippen molar-refractivity contribution in [3.05, 3.63) is 64.7 Å². The molecule has 0 fully saturated rings. The Morgan fingerprint density at radius 1 is 1.16 bits per heavy atom. The molecule has 2 aromatic carbocycles. The number of hydrogen-bond donors (Lipinski definition) is 0. The summed E-state index contributed by atoms with van der Waals surface area (Å²) in [6.45, 7) is 4.36. The Labute approximate surface area is 151 Å². The number of benzene rings is 2. The summed E-state index contributed by atoms with van der Waals surface area (Å²) in [5.41, 5.74) is 2.57.